The van der Waals surface area contributed by atoms with Gasteiger partial charge in [-0.1, -0.05) is 12.1 Å². The van der Waals surface area contributed by atoms with E-state index in [2.05, 4.69) is 10.3 Å². The summed E-state index contributed by atoms with van der Waals surface area (Å²) in [6.45, 7) is 1.32. The molecule has 1 aromatic carbocycles. The molecule has 0 bridgehead atoms. The third-order valence-corrected chi connectivity index (χ3v) is 5.02. The first-order valence-corrected chi connectivity index (χ1v) is 9.37. The van der Waals surface area contributed by atoms with Crippen molar-refractivity contribution < 1.29 is 14.4 Å². The van der Waals surface area contributed by atoms with Gasteiger partial charge in [0.15, 0.2) is 0 Å². The molecule has 3 rings (SSSR count). The molecule has 7 nitrogen and oxygen atoms in total. The number of imide groups is 1. The van der Waals surface area contributed by atoms with E-state index in [-0.39, 0.29) is 30.1 Å². The van der Waals surface area contributed by atoms with Crippen LogP contribution in [-0.4, -0.2) is 47.2 Å². The number of amides is 3. The first-order valence-electron chi connectivity index (χ1n) is 8.49. The summed E-state index contributed by atoms with van der Waals surface area (Å²) in [7, 11) is 0. The lowest BCUT2D eigenvalue weighted by Gasteiger charge is -2.13. The van der Waals surface area contributed by atoms with Gasteiger partial charge in [-0.15, -0.1) is 23.7 Å². The fourth-order valence-electron chi connectivity index (χ4n) is 2.78. The van der Waals surface area contributed by atoms with E-state index in [1.54, 1.807) is 29.6 Å². The average molecular weight is 409 g/mol. The van der Waals surface area contributed by atoms with Crippen LogP contribution in [0.3, 0.4) is 0 Å². The normalized spacial score (nSPS) is 12.7. The minimum atomic E-state index is -0.246. The summed E-state index contributed by atoms with van der Waals surface area (Å²) in [5, 5.41) is 5.38. The van der Waals surface area contributed by atoms with Gasteiger partial charge in [-0.3, -0.25) is 19.3 Å². The second-order valence-electron chi connectivity index (χ2n) is 5.94. The van der Waals surface area contributed by atoms with Crippen LogP contribution in [0.5, 0.6) is 0 Å². The zero-order valence-corrected chi connectivity index (χ0v) is 16.3. The van der Waals surface area contributed by atoms with E-state index in [1.807, 2.05) is 0 Å². The average Bonchev–Trinajstić information content (AvgIpc) is 3.21. The number of benzene rings is 1. The zero-order valence-electron chi connectivity index (χ0n) is 14.6. The molecule has 3 N–H and O–H groups in total. The van der Waals surface area contributed by atoms with E-state index in [1.165, 1.54) is 16.2 Å². The number of nitrogens with zero attached hydrogens (tertiary/aromatic N) is 2. The molecule has 144 valence electrons. The fraction of sp³-hybridized carbons (Fsp3) is 0.333. The van der Waals surface area contributed by atoms with Gasteiger partial charge in [0, 0.05) is 24.9 Å². The molecular formula is C18H21ClN4O3S. The predicted molar refractivity (Wildman–Crippen MR) is 105 cm³/mol. The molecule has 1 aliphatic rings. The van der Waals surface area contributed by atoms with Gasteiger partial charge in [0.1, 0.15) is 5.69 Å². The number of hydrogen-bond acceptors (Lipinski definition) is 6. The summed E-state index contributed by atoms with van der Waals surface area (Å²) in [5.41, 5.74) is 6.80. The molecule has 0 spiro atoms. The van der Waals surface area contributed by atoms with Crippen LogP contribution in [0.4, 0.5) is 0 Å². The summed E-state index contributed by atoms with van der Waals surface area (Å²) in [6.07, 6.45) is 1.96. The summed E-state index contributed by atoms with van der Waals surface area (Å²) in [6, 6.07) is 6.84. The molecular weight excluding hydrogens is 388 g/mol. The molecule has 1 aromatic heterocycles. The summed E-state index contributed by atoms with van der Waals surface area (Å²) in [5.74, 6) is -0.709. The molecule has 0 radical (unpaired) electrons. The summed E-state index contributed by atoms with van der Waals surface area (Å²) >= 11 is 1.42. The molecule has 0 aliphatic carbocycles. The Hall–Kier alpha value is -2.29. The molecule has 3 amide bonds. The Kier molecular flexibility index (Phi) is 7.46. The van der Waals surface area contributed by atoms with Gasteiger partial charge in [0.05, 0.1) is 16.1 Å². The number of nitrogens with one attached hydrogen (secondary N) is 1. The molecule has 2 heterocycles. The van der Waals surface area contributed by atoms with Gasteiger partial charge in [0.2, 0.25) is 0 Å². The van der Waals surface area contributed by atoms with Crippen LogP contribution in [0.2, 0.25) is 0 Å². The molecule has 1 aliphatic heterocycles. The molecule has 2 aromatic rings. The van der Waals surface area contributed by atoms with Crippen molar-refractivity contribution in [2.45, 2.75) is 19.3 Å². The molecule has 9 heteroatoms. The van der Waals surface area contributed by atoms with Gasteiger partial charge in [-0.25, -0.2) is 4.98 Å². The number of rotatable bonds is 8. The molecule has 0 saturated heterocycles. The predicted octanol–water partition coefficient (Wildman–Crippen LogP) is 1.87. The first kappa shape index (κ1) is 21.0. The molecule has 0 saturated carbocycles. The van der Waals surface area contributed by atoms with Crippen molar-refractivity contribution in [2.24, 2.45) is 5.73 Å². The lowest BCUT2D eigenvalue weighted by atomic mass is 10.1. The molecule has 0 fully saturated rings. The van der Waals surface area contributed by atoms with Crippen LogP contribution in [0.15, 0.2) is 29.6 Å². The molecule has 0 atom stereocenters. The number of thiazole rings is 1. The number of carbonyl (C=O) groups excluding carboxylic acids is 3. The second-order valence-corrected chi connectivity index (χ2v) is 6.88. The van der Waals surface area contributed by atoms with Gasteiger partial charge >= 0.3 is 0 Å². The van der Waals surface area contributed by atoms with Crippen molar-refractivity contribution >= 4 is 41.5 Å². The van der Waals surface area contributed by atoms with Crippen molar-refractivity contribution in [3.63, 3.8) is 0 Å². The minimum absolute atomic E-state index is 0. The fourth-order valence-corrected chi connectivity index (χ4v) is 3.58. The van der Waals surface area contributed by atoms with Crippen molar-refractivity contribution in [1.82, 2.24) is 15.2 Å². The van der Waals surface area contributed by atoms with Gasteiger partial charge in [0.25, 0.3) is 17.7 Å². The van der Waals surface area contributed by atoms with Crippen molar-refractivity contribution in [2.75, 3.05) is 19.6 Å². The Bertz CT molecular complexity index is 805. The van der Waals surface area contributed by atoms with Crippen molar-refractivity contribution in [1.29, 1.82) is 0 Å². The Labute approximate surface area is 167 Å². The van der Waals surface area contributed by atoms with E-state index in [0.29, 0.717) is 55.7 Å². The Morgan fingerprint density at radius 3 is 2.44 bits per heavy atom. The smallest absolute Gasteiger partial charge is 0.270 e. The number of carbonyl (C=O) groups is 3. The maximum Gasteiger partial charge on any atom is 0.270 e. The highest BCUT2D eigenvalue weighted by molar-refractivity contribution is 7.09. The van der Waals surface area contributed by atoms with E-state index in [9.17, 15) is 14.4 Å². The Morgan fingerprint density at radius 1 is 1.15 bits per heavy atom. The standard InChI is InChI=1S/C18H20N4O3S.ClH/c19-8-7-15-21-14(11-26-15)16(23)20-9-3-4-10-22-17(24)12-5-1-2-6-13(12)18(22)25;/h1-2,5-6,11H,3-4,7-10,19H2,(H,20,23);1H. The van der Waals surface area contributed by atoms with E-state index >= 15 is 0 Å². The van der Waals surface area contributed by atoms with Crippen LogP contribution in [-0.2, 0) is 6.42 Å². The SMILES string of the molecule is Cl.NCCc1nc(C(=O)NCCCCN2C(=O)c3ccccc3C2=O)cs1. The third-order valence-electron chi connectivity index (χ3n) is 4.11. The highest BCUT2D eigenvalue weighted by Crippen LogP contribution is 2.22. The maximum atomic E-state index is 12.2. The van der Waals surface area contributed by atoms with E-state index in [0.717, 1.165) is 5.01 Å². The highest BCUT2D eigenvalue weighted by Gasteiger charge is 2.34. The summed E-state index contributed by atoms with van der Waals surface area (Å²) < 4.78 is 0. The Morgan fingerprint density at radius 2 is 1.81 bits per heavy atom. The molecule has 0 unspecified atom stereocenters. The largest absolute Gasteiger partial charge is 0.351 e. The quantitative estimate of drug-likeness (QED) is 0.512. The van der Waals surface area contributed by atoms with Crippen molar-refractivity contribution in [3.05, 3.63) is 51.5 Å². The van der Waals surface area contributed by atoms with Crippen LogP contribution in [0.1, 0.15) is 49.1 Å². The van der Waals surface area contributed by atoms with Gasteiger partial charge in [-0.05, 0) is 31.5 Å². The number of unbranched alkanes of at least 4 members (excludes halogenated alkanes) is 1. The number of halogens is 1. The number of aromatic nitrogens is 1. The van der Waals surface area contributed by atoms with Crippen LogP contribution < -0.4 is 11.1 Å². The van der Waals surface area contributed by atoms with Crippen LogP contribution in [0, 0.1) is 0 Å². The van der Waals surface area contributed by atoms with Crippen LogP contribution in [0.25, 0.3) is 0 Å². The highest BCUT2D eigenvalue weighted by atomic mass is 35.5. The summed E-state index contributed by atoms with van der Waals surface area (Å²) in [4.78, 5) is 42.0. The zero-order chi connectivity index (χ0) is 18.5. The minimum Gasteiger partial charge on any atom is -0.351 e. The van der Waals surface area contributed by atoms with Gasteiger partial charge < -0.3 is 11.1 Å². The number of nitrogens with two attached hydrogens (primary N) is 1. The van der Waals surface area contributed by atoms with Crippen molar-refractivity contribution in [3.8, 4) is 0 Å². The van der Waals surface area contributed by atoms with E-state index in [4.69, 9.17) is 5.73 Å². The lowest BCUT2D eigenvalue weighted by Crippen LogP contribution is -2.31. The second kappa shape index (κ2) is 9.59. The first-order chi connectivity index (χ1) is 12.6. The Balaban J connectivity index is 0.00000261. The topological polar surface area (TPSA) is 105 Å². The lowest BCUT2D eigenvalue weighted by molar-refractivity contribution is 0.0650. The third kappa shape index (κ3) is 4.71. The van der Waals surface area contributed by atoms with E-state index < -0.39 is 0 Å². The number of fused-ring (bicyclic) bond motifs is 1. The molecule has 27 heavy (non-hydrogen) atoms. The number of hydrogen-bond donors (Lipinski definition) is 2. The monoisotopic (exact) mass is 408 g/mol. The van der Waals surface area contributed by atoms with Crippen LogP contribution >= 0.6 is 23.7 Å². The maximum absolute atomic E-state index is 12.2. The van der Waals surface area contributed by atoms with Gasteiger partial charge in [-0.2, -0.15) is 0 Å².